The number of H-pyrrole nitrogens is 1. The van der Waals surface area contributed by atoms with Crippen molar-refractivity contribution in [3.63, 3.8) is 0 Å². The number of aromatic nitrogens is 2. The molecule has 0 bridgehead atoms. The van der Waals surface area contributed by atoms with Gasteiger partial charge in [-0.3, -0.25) is 9.78 Å². The summed E-state index contributed by atoms with van der Waals surface area (Å²) in [5.41, 5.74) is 6.55. The van der Waals surface area contributed by atoms with Gasteiger partial charge in [-0.05, 0) is 60.9 Å². The molecular weight excluding hydrogens is 490 g/mol. The van der Waals surface area contributed by atoms with Crippen molar-refractivity contribution in [3.8, 4) is 28.8 Å². The van der Waals surface area contributed by atoms with Gasteiger partial charge in [-0.2, -0.15) is 10.4 Å². The molecule has 0 amide bonds. The average molecular weight is 514 g/mol. The zero-order chi connectivity index (χ0) is 26.4. The number of nitrogens with one attached hydrogen (secondary N) is 2. The zero-order valence-corrected chi connectivity index (χ0v) is 21.3. The van der Waals surface area contributed by atoms with Crippen LogP contribution in [-0.4, -0.2) is 23.3 Å². The Bertz CT molecular complexity index is 1540. The third kappa shape index (κ3) is 5.97. The molecule has 0 saturated heterocycles. The SMILES string of the molecule is COc1ccc(C=NNc2nc(-c3ccccc3)c(C#N)c(=O)[nH]2)cc1COc1cc(C)c(Cl)c(C)c1. The van der Waals surface area contributed by atoms with E-state index in [4.69, 9.17) is 21.1 Å². The van der Waals surface area contributed by atoms with E-state index in [1.165, 1.54) is 0 Å². The Morgan fingerprint density at radius 1 is 1.14 bits per heavy atom. The van der Waals surface area contributed by atoms with Crippen molar-refractivity contribution in [1.29, 1.82) is 5.26 Å². The second-order valence-corrected chi connectivity index (χ2v) is 8.59. The number of aromatic amines is 1. The van der Waals surface area contributed by atoms with Crippen LogP contribution in [0.15, 0.2) is 70.6 Å². The van der Waals surface area contributed by atoms with Crippen LogP contribution in [0.4, 0.5) is 5.95 Å². The van der Waals surface area contributed by atoms with Gasteiger partial charge in [-0.25, -0.2) is 10.4 Å². The minimum absolute atomic E-state index is 0.0633. The second kappa shape index (κ2) is 11.4. The number of hydrazone groups is 1. The van der Waals surface area contributed by atoms with Crippen molar-refractivity contribution >= 4 is 23.8 Å². The van der Waals surface area contributed by atoms with E-state index in [9.17, 15) is 10.1 Å². The second-order valence-electron chi connectivity index (χ2n) is 8.22. The van der Waals surface area contributed by atoms with Crippen LogP contribution in [-0.2, 0) is 6.61 Å². The van der Waals surface area contributed by atoms with Crippen molar-refractivity contribution in [2.75, 3.05) is 12.5 Å². The van der Waals surface area contributed by atoms with Crippen LogP contribution >= 0.6 is 11.6 Å². The van der Waals surface area contributed by atoms with Crippen LogP contribution in [0, 0.1) is 25.2 Å². The van der Waals surface area contributed by atoms with Gasteiger partial charge in [0.05, 0.1) is 19.0 Å². The number of hydrogen-bond acceptors (Lipinski definition) is 7. The highest BCUT2D eigenvalue weighted by atomic mass is 35.5. The molecule has 1 heterocycles. The molecule has 0 saturated carbocycles. The Kier molecular flexibility index (Phi) is 7.86. The predicted molar refractivity (Wildman–Crippen MR) is 144 cm³/mol. The fourth-order valence-corrected chi connectivity index (χ4v) is 3.85. The number of aryl methyl sites for hydroxylation is 2. The molecule has 1 aromatic heterocycles. The highest BCUT2D eigenvalue weighted by Gasteiger charge is 2.13. The van der Waals surface area contributed by atoms with E-state index in [1.807, 2.05) is 68.4 Å². The number of anilines is 1. The van der Waals surface area contributed by atoms with Crippen LogP contribution in [0.5, 0.6) is 11.5 Å². The molecule has 0 unspecified atom stereocenters. The first kappa shape index (κ1) is 25.5. The molecular formula is C28H24ClN5O3. The molecule has 4 aromatic rings. The molecule has 0 spiro atoms. The first-order valence-corrected chi connectivity index (χ1v) is 11.7. The van der Waals surface area contributed by atoms with E-state index < -0.39 is 5.56 Å². The maximum Gasteiger partial charge on any atom is 0.270 e. The minimum atomic E-state index is -0.550. The lowest BCUT2D eigenvalue weighted by Crippen LogP contribution is -2.16. The first-order valence-electron chi connectivity index (χ1n) is 11.3. The van der Waals surface area contributed by atoms with E-state index in [1.54, 1.807) is 25.5 Å². The molecule has 4 rings (SSSR count). The van der Waals surface area contributed by atoms with Crippen LogP contribution in [0.25, 0.3) is 11.3 Å². The van der Waals surface area contributed by atoms with Crippen LogP contribution in [0.3, 0.4) is 0 Å². The standard InChI is InChI=1S/C28H24ClN5O3/c1-17-11-22(12-18(2)25(17)29)37-16-21-13-19(9-10-24(21)36-3)15-31-34-28-32-26(20-7-5-4-6-8-20)23(14-30)27(35)33-28/h4-13,15H,16H2,1-3H3,(H2,32,33,34,35). The van der Waals surface area contributed by atoms with Gasteiger partial charge in [-0.15, -0.1) is 0 Å². The molecule has 186 valence electrons. The van der Waals surface area contributed by atoms with Crippen molar-refractivity contribution in [3.05, 3.63) is 104 Å². The van der Waals surface area contributed by atoms with Crippen LogP contribution in [0.1, 0.15) is 27.8 Å². The number of nitrogens with zero attached hydrogens (tertiary/aromatic N) is 3. The van der Waals surface area contributed by atoms with E-state index in [-0.39, 0.29) is 23.8 Å². The topological polar surface area (TPSA) is 112 Å². The Labute approximate surface area is 219 Å². The Balaban J connectivity index is 1.53. The summed E-state index contributed by atoms with van der Waals surface area (Å²) in [6.45, 7) is 4.15. The number of halogens is 1. The highest BCUT2D eigenvalue weighted by Crippen LogP contribution is 2.28. The van der Waals surface area contributed by atoms with Crippen LogP contribution in [0.2, 0.25) is 5.02 Å². The monoisotopic (exact) mass is 513 g/mol. The first-order chi connectivity index (χ1) is 17.9. The highest BCUT2D eigenvalue weighted by molar-refractivity contribution is 6.32. The molecule has 0 aliphatic rings. The molecule has 3 aromatic carbocycles. The number of nitriles is 1. The van der Waals surface area contributed by atoms with Crippen molar-refractivity contribution in [1.82, 2.24) is 9.97 Å². The van der Waals surface area contributed by atoms with E-state index in [2.05, 4.69) is 20.5 Å². The maximum absolute atomic E-state index is 12.4. The van der Waals surface area contributed by atoms with Gasteiger partial charge < -0.3 is 9.47 Å². The number of benzene rings is 3. The van der Waals surface area contributed by atoms with Crippen molar-refractivity contribution in [2.45, 2.75) is 20.5 Å². The number of ether oxygens (including phenoxy) is 2. The lowest BCUT2D eigenvalue weighted by atomic mass is 10.1. The fraction of sp³-hybridized carbons (Fsp3) is 0.143. The van der Waals surface area contributed by atoms with Gasteiger partial charge in [0.15, 0.2) is 0 Å². The van der Waals surface area contributed by atoms with E-state index >= 15 is 0 Å². The summed E-state index contributed by atoms with van der Waals surface area (Å²) in [4.78, 5) is 19.3. The van der Waals surface area contributed by atoms with Gasteiger partial charge in [0, 0.05) is 16.1 Å². The summed E-state index contributed by atoms with van der Waals surface area (Å²) in [6.07, 6.45) is 1.58. The summed E-state index contributed by atoms with van der Waals surface area (Å²) < 4.78 is 11.5. The van der Waals surface area contributed by atoms with Gasteiger partial charge in [0.1, 0.15) is 29.7 Å². The third-order valence-electron chi connectivity index (χ3n) is 5.57. The smallest absolute Gasteiger partial charge is 0.270 e. The quantitative estimate of drug-likeness (QED) is 0.234. The van der Waals surface area contributed by atoms with Crippen LogP contribution < -0.4 is 20.5 Å². The number of rotatable bonds is 8. The third-order valence-corrected chi connectivity index (χ3v) is 6.17. The summed E-state index contributed by atoms with van der Waals surface area (Å²) in [7, 11) is 1.60. The van der Waals surface area contributed by atoms with Crippen molar-refractivity contribution < 1.29 is 9.47 Å². The lowest BCUT2D eigenvalue weighted by molar-refractivity contribution is 0.296. The molecule has 8 nitrogen and oxygen atoms in total. The zero-order valence-electron chi connectivity index (χ0n) is 20.5. The van der Waals surface area contributed by atoms with Gasteiger partial charge in [0.2, 0.25) is 5.95 Å². The molecule has 9 heteroatoms. The summed E-state index contributed by atoms with van der Waals surface area (Å²) in [5, 5.41) is 14.3. The molecule has 2 N–H and O–H groups in total. The molecule has 37 heavy (non-hydrogen) atoms. The largest absolute Gasteiger partial charge is 0.496 e. The minimum Gasteiger partial charge on any atom is -0.496 e. The number of methoxy groups -OCH3 is 1. The van der Waals surface area contributed by atoms with Gasteiger partial charge >= 0.3 is 0 Å². The molecule has 0 radical (unpaired) electrons. The summed E-state index contributed by atoms with van der Waals surface area (Å²) in [5.74, 6) is 1.51. The Hall–Kier alpha value is -4.61. The maximum atomic E-state index is 12.4. The normalized spacial score (nSPS) is 10.8. The molecule has 0 atom stereocenters. The lowest BCUT2D eigenvalue weighted by Gasteiger charge is -2.13. The van der Waals surface area contributed by atoms with Crippen molar-refractivity contribution in [2.24, 2.45) is 5.10 Å². The predicted octanol–water partition coefficient (Wildman–Crippen LogP) is 5.61. The Morgan fingerprint density at radius 3 is 2.54 bits per heavy atom. The average Bonchev–Trinajstić information content (AvgIpc) is 2.90. The Morgan fingerprint density at radius 2 is 1.86 bits per heavy atom. The molecule has 0 aliphatic heterocycles. The van der Waals surface area contributed by atoms with Gasteiger partial charge in [-0.1, -0.05) is 41.9 Å². The molecule has 0 fully saturated rings. The summed E-state index contributed by atoms with van der Waals surface area (Å²) in [6, 6.07) is 20.3. The van der Waals surface area contributed by atoms with E-state index in [0.29, 0.717) is 17.1 Å². The van der Waals surface area contributed by atoms with E-state index in [0.717, 1.165) is 27.3 Å². The summed E-state index contributed by atoms with van der Waals surface area (Å²) >= 11 is 6.26. The molecule has 0 aliphatic carbocycles. The number of hydrogen-bond donors (Lipinski definition) is 2. The van der Waals surface area contributed by atoms with Gasteiger partial charge in [0.25, 0.3) is 5.56 Å². The fourth-order valence-electron chi connectivity index (χ4n) is 3.74.